The Labute approximate surface area is 125 Å². The molecule has 1 saturated carbocycles. The molecule has 1 rings (SSSR count). The molecule has 0 spiro atoms. The molecule has 3 N–H and O–H groups in total. The number of urea groups is 1. The van der Waals surface area contributed by atoms with E-state index in [1.165, 1.54) is 6.42 Å². The summed E-state index contributed by atoms with van der Waals surface area (Å²) < 4.78 is 0. The highest BCUT2D eigenvalue weighted by atomic mass is 32.2. The Balaban J connectivity index is 2.46. The van der Waals surface area contributed by atoms with E-state index >= 15 is 0 Å². The molecule has 1 aliphatic carbocycles. The molecular formula is C14H26N2O3S. The van der Waals surface area contributed by atoms with E-state index in [0.29, 0.717) is 24.0 Å². The molecule has 0 saturated heterocycles. The van der Waals surface area contributed by atoms with Crippen molar-refractivity contribution in [2.75, 3.05) is 12.0 Å². The van der Waals surface area contributed by atoms with Gasteiger partial charge in [0.2, 0.25) is 0 Å². The minimum absolute atomic E-state index is 0.147. The molecule has 0 heterocycles. The van der Waals surface area contributed by atoms with E-state index in [1.54, 1.807) is 11.8 Å². The fraction of sp³-hybridized carbons (Fsp3) is 0.857. The first-order valence-corrected chi connectivity index (χ1v) is 8.63. The summed E-state index contributed by atoms with van der Waals surface area (Å²) >= 11 is 1.58. The van der Waals surface area contributed by atoms with Crippen LogP contribution in [0.1, 0.15) is 39.5 Å². The van der Waals surface area contributed by atoms with Crippen molar-refractivity contribution in [1.29, 1.82) is 0 Å². The SMILES string of the molecule is CSCC[C@@H](NC(=O)NC1CCCC(C)C1C)C(=O)O. The van der Waals surface area contributed by atoms with Crippen molar-refractivity contribution in [3.05, 3.63) is 0 Å². The first-order valence-electron chi connectivity index (χ1n) is 7.24. The third-order valence-electron chi connectivity index (χ3n) is 4.24. The number of carboxylic acids is 1. The number of rotatable bonds is 6. The minimum Gasteiger partial charge on any atom is -0.480 e. The first kappa shape index (κ1) is 17.1. The molecule has 3 unspecified atom stereocenters. The smallest absolute Gasteiger partial charge is 0.326 e. The Morgan fingerprint density at radius 2 is 2.05 bits per heavy atom. The molecule has 0 bridgehead atoms. The monoisotopic (exact) mass is 302 g/mol. The normalized spacial score (nSPS) is 27.6. The van der Waals surface area contributed by atoms with Crippen LogP contribution in [0.5, 0.6) is 0 Å². The zero-order valence-corrected chi connectivity index (χ0v) is 13.3. The van der Waals surface area contributed by atoms with Gasteiger partial charge in [0.1, 0.15) is 6.04 Å². The van der Waals surface area contributed by atoms with Crippen LogP contribution in [0.25, 0.3) is 0 Å². The first-order chi connectivity index (χ1) is 9.45. The van der Waals surface area contributed by atoms with Crippen molar-refractivity contribution in [3.8, 4) is 0 Å². The predicted molar refractivity (Wildman–Crippen MR) is 82.1 cm³/mol. The lowest BCUT2D eigenvalue weighted by atomic mass is 9.78. The Morgan fingerprint density at radius 3 is 2.65 bits per heavy atom. The predicted octanol–water partition coefficient (Wildman–Crippen LogP) is 2.32. The molecule has 4 atom stereocenters. The molecule has 0 aliphatic heterocycles. The van der Waals surface area contributed by atoms with Crippen LogP contribution in [0, 0.1) is 11.8 Å². The van der Waals surface area contributed by atoms with Gasteiger partial charge in [-0.2, -0.15) is 11.8 Å². The van der Waals surface area contributed by atoms with Gasteiger partial charge in [-0.1, -0.05) is 26.7 Å². The van der Waals surface area contributed by atoms with Crippen LogP contribution in [0.2, 0.25) is 0 Å². The van der Waals surface area contributed by atoms with Gasteiger partial charge in [0, 0.05) is 6.04 Å². The van der Waals surface area contributed by atoms with Crippen LogP contribution in [0.4, 0.5) is 4.79 Å². The summed E-state index contributed by atoms with van der Waals surface area (Å²) in [6.07, 6.45) is 5.66. The Morgan fingerprint density at radius 1 is 1.35 bits per heavy atom. The van der Waals surface area contributed by atoms with Crippen LogP contribution in [0.3, 0.4) is 0 Å². The van der Waals surface area contributed by atoms with Crippen molar-refractivity contribution < 1.29 is 14.7 Å². The fourth-order valence-corrected chi connectivity index (χ4v) is 3.12. The zero-order valence-electron chi connectivity index (χ0n) is 12.5. The Kier molecular flexibility index (Phi) is 7.19. The molecule has 0 aromatic rings. The highest BCUT2D eigenvalue weighted by Crippen LogP contribution is 2.29. The van der Waals surface area contributed by atoms with E-state index in [2.05, 4.69) is 24.5 Å². The number of carbonyl (C=O) groups is 2. The van der Waals surface area contributed by atoms with Gasteiger partial charge in [-0.3, -0.25) is 0 Å². The van der Waals surface area contributed by atoms with Crippen molar-refractivity contribution in [2.24, 2.45) is 11.8 Å². The maximum Gasteiger partial charge on any atom is 0.326 e. The van der Waals surface area contributed by atoms with Crippen LogP contribution in [-0.4, -0.2) is 41.2 Å². The average Bonchev–Trinajstić information content (AvgIpc) is 2.39. The summed E-state index contributed by atoms with van der Waals surface area (Å²) in [6.45, 7) is 4.35. The van der Waals surface area contributed by atoms with Crippen molar-refractivity contribution in [1.82, 2.24) is 10.6 Å². The molecule has 0 radical (unpaired) electrons. The second-order valence-corrected chi connectivity index (χ2v) is 6.65. The van der Waals surface area contributed by atoms with Crippen molar-refractivity contribution >= 4 is 23.8 Å². The number of hydrogen-bond acceptors (Lipinski definition) is 3. The van der Waals surface area contributed by atoms with Gasteiger partial charge >= 0.3 is 12.0 Å². The number of carbonyl (C=O) groups excluding carboxylic acids is 1. The van der Waals surface area contributed by atoms with Crippen LogP contribution < -0.4 is 10.6 Å². The fourth-order valence-electron chi connectivity index (χ4n) is 2.65. The second-order valence-electron chi connectivity index (χ2n) is 5.66. The molecule has 1 fully saturated rings. The number of thioether (sulfide) groups is 1. The lowest BCUT2D eigenvalue weighted by Crippen LogP contribution is -2.52. The molecule has 6 heteroatoms. The molecular weight excluding hydrogens is 276 g/mol. The lowest BCUT2D eigenvalue weighted by molar-refractivity contribution is -0.139. The van der Waals surface area contributed by atoms with Crippen molar-refractivity contribution in [3.63, 3.8) is 0 Å². The number of amides is 2. The van der Waals surface area contributed by atoms with Gasteiger partial charge in [-0.25, -0.2) is 9.59 Å². The lowest BCUT2D eigenvalue weighted by Gasteiger charge is -2.34. The molecule has 0 aromatic carbocycles. The van der Waals surface area contributed by atoms with Crippen LogP contribution in [-0.2, 0) is 4.79 Å². The third-order valence-corrected chi connectivity index (χ3v) is 4.88. The molecule has 116 valence electrons. The second kappa shape index (κ2) is 8.39. The number of hydrogen-bond donors (Lipinski definition) is 3. The summed E-state index contributed by atoms with van der Waals surface area (Å²) in [6, 6.07) is -1.02. The molecule has 0 aromatic heterocycles. The quantitative estimate of drug-likeness (QED) is 0.703. The Hall–Kier alpha value is -0.910. The molecule has 2 amide bonds. The van der Waals surface area contributed by atoms with E-state index < -0.39 is 12.0 Å². The topological polar surface area (TPSA) is 78.4 Å². The number of carboxylic acid groups (broad SMARTS) is 1. The maximum atomic E-state index is 11.9. The standard InChI is InChI=1S/C14H26N2O3S/c1-9-5-4-6-11(10(9)2)15-14(19)16-12(13(17)18)7-8-20-3/h9-12H,4-8H2,1-3H3,(H,17,18)(H2,15,16,19)/t9?,10?,11?,12-/m1/s1. The Bertz CT molecular complexity index is 338. The van der Waals surface area contributed by atoms with Crippen molar-refractivity contribution in [2.45, 2.75) is 51.6 Å². The van der Waals surface area contributed by atoms with E-state index in [1.807, 2.05) is 6.26 Å². The highest BCUT2D eigenvalue weighted by molar-refractivity contribution is 7.98. The van der Waals surface area contributed by atoms with E-state index in [0.717, 1.165) is 12.8 Å². The average molecular weight is 302 g/mol. The van der Waals surface area contributed by atoms with E-state index in [4.69, 9.17) is 5.11 Å². The molecule has 20 heavy (non-hydrogen) atoms. The molecule has 1 aliphatic rings. The number of aliphatic carboxylic acids is 1. The minimum atomic E-state index is -0.973. The summed E-state index contributed by atoms with van der Waals surface area (Å²) in [5.41, 5.74) is 0. The summed E-state index contributed by atoms with van der Waals surface area (Å²) in [5.74, 6) is 0.776. The van der Waals surface area contributed by atoms with E-state index in [9.17, 15) is 9.59 Å². The maximum absolute atomic E-state index is 11.9. The van der Waals surface area contributed by atoms with Gasteiger partial charge in [0.25, 0.3) is 0 Å². The largest absolute Gasteiger partial charge is 0.480 e. The van der Waals surface area contributed by atoms with Gasteiger partial charge in [-0.15, -0.1) is 0 Å². The van der Waals surface area contributed by atoms with Crippen LogP contribution >= 0.6 is 11.8 Å². The summed E-state index contributed by atoms with van der Waals surface area (Å²) in [4.78, 5) is 23.0. The van der Waals surface area contributed by atoms with Gasteiger partial charge in [0.05, 0.1) is 0 Å². The highest BCUT2D eigenvalue weighted by Gasteiger charge is 2.29. The third kappa shape index (κ3) is 5.23. The van der Waals surface area contributed by atoms with Gasteiger partial charge in [0.15, 0.2) is 0 Å². The van der Waals surface area contributed by atoms with Gasteiger partial charge in [-0.05, 0) is 36.7 Å². The molecule has 5 nitrogen and oxygen atoms in total. The zero-order chi connectivity index (χ0) is 15.1. The summed E-state index contributed by atoms with van der Waals surface area (Å²) in [5, 5.41) is 14.6. The number of nitrogens with one attached hydrogen (secondary N) is 2. The van der Waals surface area contributed by atoms with Crippen LogP contribution in [0.15, 0.2) is 0 Å². The van der Waals surface area contributed by atoms with E-state index in [-0.39, 0.29) is 12.1 Å². The van der Waals surface area contributed by atoms with Gasteiger partial charge < -0.3 is 15.7 Å². The summed E-state index contributed by atoms with van der Waals surface area (Å²) in [7, 11) is 0.